The smallest absolute Gasteiger partial charge is 0.246 e. The fourth-order valence-electron chi connectivity index (χ4n) is 1.39. The molecule has 1 aromatic heterocycles. The van der Waals surface area contributed by atoms with Crippen molar-refractivity contribution in [2.45, 2.75) is 13.5 Å². The summed E-state index contributed by atoms with van der Waals surface area (Å²) in [5, 5.41) is 6.28. The standard InChI is InChI=1S/C11H11FN4O/c1-8-2-3-9(12)10(4-8)15-11(17)5-16-7-13-6-14-16/h2-4,6-7H,5H2,1H3,(H,15,17). The van der Waals surface area contributed by atoms with Crippen LogP contribution in [0.25, 0.3) is 0 Å². The van der Waals surface area contributed by atoms with Crippen LogP contribution in [-0.2, 0) is 11.3 Å². The summed E-state index contributed by atoms with van der Waals surface area (Å²) in [5.74, 6) is -0.803. The quantitative estimate of drug-likeness (QED) is 0.872. The Morgan fingerprint density at radius 2 is 2.35 bits per heavy atom. The highest BCUT2D eigenvalue weighted by Gasteiger charge is 2.07. The second-order valence-electron chi connectivity index (χ2n) is 3.62. The lowest BCUT2D eigenvalue weighted by Crippen LogP contribution is -2.19. The number of carbonyl (C=O) groups is 1. The molecule has 6 heteroatoms. The van der Waals surface area contributed by atoms with Crippen molar-refractivity contribution in [1.29, 1.82) is 0 Å². The Labute approximate surface area is 97.3 Å². The summed E-state index contributed by atoms with van der Waals surface area (Å²) in [6.45, 7) is 1.83. The number of nitrogens with zero attached hydrogens (tertiary/aromatic N) is 3. The van der Waals surface area contributed by atoms with E-state index in [1.807, 2.05) is 6.92 Å². The molecule has 0 fully saturated rings. The molecule has 17 heavy (non-hydrogen) atoms. The fraction of sp³-hybridized carbons (Fsp3) is 0.182. The average Bonchev–Trinajstić information content (AvgIpc) is 2.76. The zero-order valence-corrected chi connectivity index (χ0v) is 9.22. The van der Waals surface area contributed by atoms with Crippen molar-refractivity contribution in [1.82, 2.24) is 14.8 Å². The first kappa shape index (κ1) is 11.3. The van der Waals surface area contributed by atoms with Crippen molar-refractivity contribution in [3.63, 3.8) is 0 Å². The third-order valence-corrected chi connectivity index (χ3v) is 2.17. The second-order valence-corrected chi connectivity index (χ2v) is 3.62. The molecule has 0 bridgehead atoms. The summed E-state index contributed by atoms with van der Waals surface area (Å²) in [5.41, 5.74) is 1.05. The van der Waals surface area contributed by atoms with E-state index in [9.17, 15) is 9.18 Å². The van der Waals surface area contributed by atoms with Crippen LogP contribution in [0.4, 0.5) is 10.1 Å². The van der Waals surface area contributed by atoms with E-state index >= 15 is 0 Å². The van der Waals surface area contributed by atoms with Gasteiger partial charge in [0, 0.05) is 0 Å². The summed E-state index contributed by atoms with van der Waals surface area (Å²) in [6.07, 6.45) is 2.76. The Bertz CT molecular complexity index is 524. The van der Waals surface area contributed by atoms with Gasteiger partial charge in [0.05, 0.1) is 5.69 Å². The minimum atomic E-state index is -0.456. The van der Waals surface area contributed by atoms with Gasteiger partial charge in [0.1, 0.15) is 25.0 Å². The van der Waals surface area contributed by atoms with Crippen LogP contribution in [0, 0.1) is 12.7 Å². The maximum Gasteiger partial charge on any atom is 0.246 e. The van der Waals surface area contributed by atoms with Crippen LogP contribution >= 0.6 is 0 Å². The van der Waals surface area contributed by atoms with Gasteiger partial charge in [-0.15, -0.1) is 0 Å². The molecule has 0 radical (unpaired) electrons. The van der Waals surface area contributed by atoms with Gasteiger partial charge in [-0.05, 0) is 24.6 Å². The number of nitrogens with one attached hydrogen (secondary N) is 1. The van der Waals surface area contributed by atoms with Crippen molar-refractivity contribution >= 4 is 11.6 Å². The first-order chi connectivity index (χ1) is 8.15. The molecule has 0 unspecified atom stereocenters. The maximum absolute atomic E-state index is 13.4. The lowest BCUT2D eigenvalue weighted by Gasteiger charge is -2.07. The van der Waals surface area contributed by atoms with Gasteiger partial charge in [-0.1, -0.05) is 6.07 Å². The van der Waals surface area contributed by atoms with E-state index in [1.165, 1.54) is 23.4 Å². The highest BCUT2D eigenvalue weighted by Crippen LogP contribution is 2.15. The molecule has 1 N–H and O–H groups in total. The van der Waals surface area contributed by atoms with Gasteiger partial charge in [-0.25, -0.2) is 14.1 Å². The Balaban J connectivity index is 2.05. The largest absolute Gasteiger partial charge is 0.322 e. The predicted octanol–water partition coefficient (Wildman–Crippen LogP) is 1.36. The second kappa shape index (κ2) is 4.73. The van der Waals surface area contributed by atoms with Crippen LogP contribution in [0.1, 0.15) is 5.56 Å². The molecule has 0 aliphatic rings. The van der Waals surface area contributed by atoms with Crippen molar-refractivity contribution in [3.05, 3.63) is 42.2 Å². The van der Waals surface area contributed by atoms with Crippen molar-refractivity contribution < 1.29 is 9.18 Å². The molecular weight excluding hydrogens is 223 g/mol. The van der Waals surface area contributed by atoms with Crippen molar-refractivity contribution in [2.75, 3.05) is 5.32 Å². The monoisotopic (exact) mass is 234 g/mol. The molecule has 0 aliphatic carbocycles. The molecule has 1 heterocycles. The third kappa shape index (κ3) is 2.87. The Kier molecular flexibility index (Phi) is 3.13. The van der Waals surface area contributed by atoms with E-state index in [0.717, 1.165) is 5.56 Å². The number of carbonyl (C=O) groups excluding carboxylic acids is 1. The molecule has 0 atom stereocenters. The minimum absolute atomic E-state index is 0.00732. The molecule has 88 valence electrons. The number of aromatic nitrogens is 3. The number of aryl methyl sites for hydroxylation is 1. The number of rotatable bonds is 3. The van der Waals surface area contributed by atoms with E-state index in [0.29, 0.717) is 0 Å². The van der Waals surface area contributed by atoms with Gasteiger partial charge in [-0.3, -0.25) is 4.79 Å². The van der Waals surface area contributed by atoms with Crippen LogP contribution in [0.5, 0.6) is 0 Å². The van der Waals surface area contributed by atoms with Crippen LogP contribution in [-0.4, -0.2) is 20.7 Å². The number of hydrogen-bond donors (Lipinski definition) is 1. The summed E-state index contributed by atoms with van der Waals surface area (Å²) < 4.78 is 14.7. The van der Waals surface area contributed by atoms with Gasteiger partial charge in [0.2, 0.25) is 5.91 Å². The summed E-state index contributed by atoms with van der Waals surface area (Å²) >= 11 is 0. The fourth-order valence-corrected chi connectivity index (χ4v) is 1.39. The van der Waals surface area contributed by atoms with Crippen molar-refractivity contribution in [3.8, 4) is 0 Å². The molecule has 1 amide bonds. The Morgan fingerprint density at radius 1 is 1.53 bits per heavy atom. The number of halogens is 1. The number of benzene rings is 1. The van der Waals surface area contributed by atoms with E-state index in [2.05, 4.69) is 15.4 Å². The van der Waals surface area contributed by atoms with Crippen LogP contribution < -0.4 is 5.32 Å². The van der Waals surface area contributed by atoms with Crippen molar-refractivity contribution in [2.24, 2.45) is 0 Å². The SMILES string of the molecule is Cc1ccc(F)c(NC(=O)Cn2cncn2)c1. The normalized spacial score (nSPS) is 10.2. The lowest BCUT2D eigenvalue weighted by atomic mass is 10.2. The third-order valence-electron chi connectivity index (χ3n) is 2.17. The Morgan fingerprint density at radius 3 is 3.06 bits per heavy atom. The van der Waals surface area contributed by atoms with Crippen LogP contribution in [0.3, 0.4) is 0 Å². The molecular formula is C11H11FN4O. The summed E-state index contributed by atoms with van der Waals surface area (Å²) in [4.78, 5) is 15.3. The molecule has 1 aromatic carbocycles. The zero-order chi connectivity index (χ0) is 12.3. The molecule has 0 saturated carbocycles. The highest BCUT2D eigenvalue weighted by atomic mass is 19.1. The number of anilines is 1. The van der Waals surface area contributed by atoms with Gasteiger partial charge in [0.15, 0.2) is 0 Å². The van der Waals surface area contributed by atoms with Gasteiger partial charge in [0.25, 0.3) is 0 Å². The molecule has 0 aliphatic heterocycles. The first-order valence-electron chi connectivity index (χ1n) is 5.03. The van der Waals surface area contributed by atoms with Gasteiger partial charge >= 0.3 is 0 Å². The van der Waals surface area contributed by atoms with Crippen LogP contribution in [0.15, 0.2) is 30.9 Å². The maximum atomic E-state index is 13.4. The van der Waals surface area contributed by atoms with Gasteiger partial charge in [-0.2, -0.15) is 5.10 Å². The molecule has 2 rings (SSSR count). The Hall–Kier alpha value is -2.24. The molecule has 2 aromatic rings. The van der Waals surface area contributed by atoms with Crippen LogP contribution in [0.2, 0.25) is 0 Å². The number of amides is 1. The molecule has 5 nitrogen and oxygen atoms in total. The highest BCUT2D eigenvalue weighted by molar-refractivity contribution is 5.90. The summed E-state index contributed by atoms with van der Waals surface area (Å²) in [6, 6.07) is 4.54. The average molecular weight is 234 g/mol. The van der Waals surface area contributed by atoms with E-state index in [1.54, 1.807) is 12.1 Å². The van der Waals surface area contributed by atoms with Gasteiger partial charge < -0.3 is 5.32 Å². The topological polar surface area (TPSA) is 59.8 Å². The first-order valence-corrected chi connectivity index (χ1v) is 5.03. The zero-order valence-electron chi connectivity index (χ0n) is 9.22. The summed E-state index contributed by atoms with van der Waals surface area (Å²) in [7, 11) is 0. The van der Waals surface area contributed by atoms with E-state index in [4.69, 9.17) is 0 Å². The number of hydrogen-bond acceptors (Lipinski definition) is 3. The van der Waals surface area contributed by atoms with E-state index in [-0.39, 0.29) is 18.1 Å². The molecule has 0 saturated heterocycles. The lowest BCUT2D eigenvalue weighted by molar-refractivity contribution is -0.116. The predicted molar refractivity (Wildman–Crippen MR) is 59.8 cm³/mol. The minimum Gasteiger partial charge on any atom is -0.322 e. The van der Waals surface area contributed by atoms with E-state index < -0.39 is 5.82 Å². The molecule has 0 spiro atoms.